The molecule has 1 aliphatic heterocycles. The Bertz CT molecular complexity index is 701. The fourth-order valence-corrected chi connectivity index (χ4v) is 3.85. The van der Waals surface area contributed by atoms with E-state index in [2.05, 4.69) is 45.5 Å². The maximum atomic E-state index is 12.4. The normalized spacial score (nSPS) is 18.1. The molecule has 1 unspecified atom stereocenters. The predicted molar refractivity (Wildman–Crippen MR) is 95.2 cm³/mol. The van der Waals surface area contributed by atoms with Crippen LogP contribution >= 0.6 is 15.9 Å². The van der Waals surface area contributed by atoms with Crippen molar-refractivity contribution in [1.82, 2.24) is 5.32 Å². The van der Waals surface area contributed by atoms with Crippen LogP contribution in [0.25, 0.3) is 0 Å². The molecule has 0 aliphatic carbocycles. The highest BCUT2D eigenvalue weighted by Gasteiger charge is 2.22. The van der Waals surface area contributed by atoms with Crippen molar-refractivity contribution in [3.8, 4) is 0 Å². The SMILES string of the molecule is C[C@@H](NC(=O)C[NH+]1CCc2ccccc2C1)c1ccccc1Br. The van der Waals surface area contributed by atoms with Crippen molar-refractivity contribution in [3.63, 3.8) is 0 Å². The summed E-state index contributed by atoms with van der Waals surface area (Å²) >= 11 is 3.55. The van der Waals surface area contributed by atoms with E-state index in [1.165, 1.54) is 16.0 Å². The highest BCUT2D eigenvalue weighted by atomic mass is 79.9. The van der Waals surface area contributed by atoms with E-state index in [0.29, 0.717) is 6.54 Å². The van der Waals surface area contributed by atoms with Crippen molar-refractivity contribution in [2.45, 2.75) is 25.9 Å². The van der Waals surface area contributed by atoms with E-state index in [9.17, 15) is 4.79 Å². The third-order valence-corrected chi connectivity index (χ3v) is 5.19. The van der Waals surface area contributed by atoms with Crippen molar-refractivity contribution >= 4 is 21.8 Å². The molecule has 23 heavy (non-hydrogen) atoms. The molecule has 120 valence electrons. The number of hydrogen-bond donors (Lipinski definition) is 2. The van der Waals surface area contributed by atoms with Crippen molar-refractivity contribution in [2.24, 2.45) is 0 Å². The molecule has 1 aliphatic rings. The Balaban J connectivity index is 1.57. The Labute approximate surface area is 145 Å². The van der Waals surface area contributed by atoms with E-state index in [1.54, 1.807) is 0 Å². The molecule has 0 fully saturated rings. The van der Waals surface area contributed by atoms with Crippen LogP contribution in [-0.2, 0) is 17.8 Å². The van der Waals surface area contributed by atoms with E-state index >= 15 is 0 Å². The van der Waals surface area contributed by atoms with Gasteiger partial charge in [-0.15, -0.1) is 0 Å². The molecule has 3 nitrogen and oxygen atoms in total. The maximum absolute atomic E-state index is 12.4. The van der Waals surface area contributed by atoms with Crippen molar-refractivity contribution < 1.29 is 9.69 Å². The minimum Gasteiger partial charge on any atom is -0.345 e. The second kappa shape index (κ2) is 7.28. The molecular formula is C19H22BrN2O+. The van der Waals surface area contributed by atoms with Crippen LogP contribution < -0.4 is 10.2 Å². The van der Waals surface area contributed by atoms with E-state index in [4.69, 9.17) is 0 Å². The number of nitrogens with one attached hydrogen (secondary N) is 2. The molecule has 0 saturated heterocycles. The van der Waals surface area contributed by atoms with Gasteiger partial charge in [0.25, 0.3) is 5.91 Å². The van der Waals surface area contributed by atoms with Gasteiger partial charge in [-0.25, -0.2) is 0 Å². The molecule has 0 aromatic heterocycles. The highest BCUT2D eigenvalue weighted by molar-refractivity contribution is 9.10. The average Bonchev–Trinajstić information content (AvgIpc) is 2.55. The van der Waals surface area contributed by atoms with Gasteiger partial charge in [0.15, 0.2) is 6.54 Å². The third-order valence-electron chi connectivity index (χ3n) is 4.47. The molecule has 2 aromatic carbocycles. The van der Waals surface area contributed by atoms with Gasteiger partial charge in [0.2, 0.25) is 0 Å². The molecular weight excluding hydrogens is 352 g/mol. The summed E-state index contributed by atoms with van der Waals surface area (Å²) in [6.07, 6.45) is 1.05. The van der Waals surface area contributed by atoms with Crippen LogP contribution in [0, 0.1) is 0 Å². The number of carbonyl (C=O) groups is 1. The zero-order valence-corrected chi connectivity index (χ0v) is 14.9. The molecule has 2 atom stereocenters. The Morgan fingerprint density at radius 1 is 1.17 bits per heavy atom. The number of hydrogen-bond acceptors (Lipinski definition) is 1. The first kappa shape index (κ1) is 16.2. The number of fused-ring (bicyclic) bond motifs is 1. The number of carbonyl (C=O) groups excluding carboxylic acids is 1. The van der Waals surface area contributed by atoms with Crippen molar-refractivity contribution in [3.05, 3.63) is 69.7 Å². The van der Waals surface area contributed by atoms with Crippen LogP contribution in [0.5, 0.6) is 0 Å². The lowest BCUT2D eigenvalue weighted by Crippen LogP contribution is -3.12. The van der Waals surface area contributed by atoms with Gasteiger partial charge >= 0.3 is 0 Å². The molecule has 0 spiro atoms. The first-order chi connectivity index (χ1) is 11.1. The van der Waals surface area contributed by atoms with E-state index < -0.39 is 0 Å². The van der Waals surface area contributed by atoms with Gasteiger partial charge < -0.3 is 10.2 Å². The molecule has 0 radical (unpaired) electrons. The summed E-state index contributed by atoms with van der Waals surface area (Å²) in [6.45, 7) is 4.52. The van der Waals surface area contributed by atoms with Crippen LogP contribution in [0.4, 0.5) is 0 Å². The summed E-state index contributed by atoms with van der Waals surface area (Å²) in [6, 6.07) is 16.6. The number of rotatable bonds is 4. The summed E-state index contributed by atoms with van der Waals surface area (Å²) in [7, 11) is 0. The summed E-state index contributed by atoms with van der Waals surface area (Å²) < 4.78 is 1.03. The van der Waals surface area contributed by atoms with E-state index in [-0.39, 0.29) is 11.9 Å². The first-order valence-electron chi connectivity index (χ1n) is 8.07. The lowest BCUT2D eigenvalue weighted by atomic mass is 10.00. The van der Waals surface area contributed by atoms with Crippen molar-refractivity contribution in [1.29, 1.82) is 0 Å². The number of quaternary nitrogens is 1. The monoisotopic (exact) mass is 373 g/mol. The third kappa shape index (κ3) is 4.01. The first-order valence-corrected chi connectivity index (χ1v) is 8.87. The van der Waals surface area contributed by atoms with Crippen LogP contribution in [-0.4, -0.2) is 19.0 Å². The van der Waals surface area contributed by atoms with Gasteiger partial charge in [-0.3, -0.25) is 4.79 Å². The topological polar surface area (TPSA) is 33.5 Å². The Hall–Kier alpha value is -1.65. The lowest BCUT2D eigenvalue weighted by Gasteiger charge is -2.26. The largest absolute Gasteiger partial charge is 0.345 e. The molecule has 2 aromatic rings. The minimum absolute atomic E-state index is 0.00884. The van der Waals surface area contributed by atoms with Crippen LogP contribution in [0.15, 0.2) is 53.0 Å². The molecule has 3 rings (SSSR count). The van der Waals surface area contributed by atoms with E-state index in [1.807, 2.05) is 31.2 Å². The molecule has 2 N–H and O–H groups in total. The minimum atomic E-state index is 0.00884. The second-order valence-corrected chi connectivity index (χ2v) is 7.04. The number of benzene rings is 2. The van der Waals surface area contributed by atoms with Gasteiger partial charge in [-0.1, -0.05) is 58.4 Å². The Morgan fingerprint density at radius 2 is 1.87 bits per heavy atom. The van der Waals surface area contributed by atoms with Gasteiger partial charge in [0, 0.05) is 16.5 Å². The quantitative estimate of drug-likeness (QED) is 0.846. The summed E-state index contributed by atoms with van der Waals surface area (Å²) in [5, 5.41) is 3.12. The van der Waals surface area contributed by atoms with Crippen LogP contribution in [0.2, 0.25) is 0 Å². The molecule has 1 amide bonds. The maximum Gasteiger partial charge on any atom is 0.275 e. The fraction of sp³-hybridized carbons (Fsp3) is 0.316. The number of halogens is 1. The van der Waals surface area contributed by atoms with Gasteiger partial charge in [-0.2, -0.15) is 0 Å². The van der Waals surface area contributed by atoms with Crippen molar-refractivity contribution in [2.75, 3.05) is 13.1 Å². The zero-order valence-electron chi connectivity index (χ0n) is 13.3. The van der Waals surface area contributed by atoms with Gasteiger partial charge in [0.05, 0.1) is 12.6 Å². The Kier molecular flexibility index (Phi) is 5.13. The zero-order chi connectivity index (χ0) is 16.2. The van der Waals surface area contributed by atoms with Gasteiger partial charge in [0.1, 0.15) is 6.54 Å². The second-order valence-electron chi connectivity index (χ2n) is 6.18. The Morgan fingerprint density at radius 3 is 2.65 bits per heavy atom. The molecule has 1 heterocycles. The lowest BCUT2D eigenvalue weighted by molar-refractivity contribution is -0.908. The van der Waals surface area contributed by atoms with Crippen LogP contribution in [0.3, 0.4) is 0 Å². The predicted octanol–water partition coefficient (Wildman–Crippen LogP) is 2.27. The molecule has 4 heteroatoms. The number of amides is 1. The smallest absolute Gasteiger partial charge is 0.275 e. The van der Waals surface area contributed by atoms with E-state index in [0.717, 1.165) is 29.5 Å². The fourth-order valence-electron chi connectivity index (χ4n) is 3.22. The average molecular weight is 374 g/mol. The standard InChI is InChI=1S/C19H21BrN2O/c1-14(17-8-4-5-9-18(17)20)21-19(23)13-22-11-10-15-6-2-3-7-16(15)12-22/h2-9,14H,10-13H2,1H3,(H,21,23)/p+1/t14-/m1/s1. The van der Waals surface area contributed by atoms with Crippen LogP contribution in [0.1, 0.15) is 29.7 Å². The molecule has 0 bridgehead atoms. The summed E-state index contributed by atoms with van der Waals surface area (Å²) in [5.41, 5.74) is 3.92. The van der Waals surface area contributed by atoms with Gasteiger partial charge in [-0.05, 0) is 24.1 Å². The molecule has 0 saturated carbocycles. The summed E-state index contributed by atoms with van der Waals surface area (Å²) in [4.78, 5) is 13.7. The summed E-state index contributed by atoms with van der Waals surface area (Å²) in [5.74, 6) is 0.114. The highest BCUT2D eigenvalue weighted by Crippen LogP contribution is 2.22.